The maximum Gasteiger partial charge on any atom is 0.119 e. The molecular weight excluding hydrogens is 262 g/mol. The topological polar surface area (TPSA) is 72.0 Å². The largest absolute Gasteiger partial charge is 0.497 e. The number of hydrogen-bond acceptors (Lipinski definition) is 4. The number of nitrogens with two attached hydrogens (primary N) is 1. The number of anilines is 1. The first-order valence-electron chi connectivity index (χ1n) is 6.55. The van der Waals surface area contributed by atoms with E-state index in [2.05, 4.69) is 11.1 Å². The van der Waals surface area contributed by atoms with E-state index >= 15 is 0 Å². The number of hydrogen-bond donors (Lipinski definition) is 2. The van der Waals surface area contributed by atoms with Crippen LogP contribution in [0.3, 0.4) is 0 Å². The van der Waals surface area contributed by atoms with E-state index in [4.69, 9.17) is 15.9 Å². The van der Waals surface area contributed by atoms with Crippen molar-refractivity contribution in [1.29, 1.82) is 5.41 Å². The Morgan fingerprint density at radius 2 is 1.81 bits per heavy atom. The minimum atomic E-state index is 0.490. The molecule has 3 rings (SSSR count). The Hall–Kier alpha value is -2.88. The Bertz CT molecular complexity index is 827. The number of rotatable bonds is 3. The summed E-state index contributed by atoms with van der Waals surface area (Å²) in [6.45, 7) is 0. The molecule has 0 radical (unpaired) electrons. The van der Waals surface area contributed by atoms with Gasteiger partial charge in [0, 0.05) is 18.0 Å². The second kappa shape index (κ2) is 5.25. The van der Waals surface area contributed by atoms with Crippen LogP contribution in [0, 0.1) is 5.41 Å². The second-order valence-electron chi connectivity index (χ2n) is 4.77. The van der Waals surface area contributed by atoms with Crippen LogP contribution in [-0.2, 0) is 0 Å². The van der Waals surface area contributed by atoms with Crippen molar-refractivity contribution in [2.45, 2.75) is 0 Å². The van der Waals surface area contributed by atoms with Crippen LogP contribution in [0.25, 0.3) is 21.9 Å². The van der Waals surface area contributed by atoms with E-state index in [1.165, 1.54) is 0 Å². The average molecular weight is 277 g/mol. The maximum atomic E-state index is 7.23. The number of ether oxygens (including phenoxy) is 1. The highest BCUT2D eigenvalue weighted by Gasteiger charge is 2.04. The van der Waals surface area contributed by atoms with Crippen molar-refractivity contribution >= 4 is 22.7 Å². The molecule has 0 spiro atoms. The molecule has 0 bridgehead atoms. The fourth-order valence-corrected chi connectivity index (χ4v) is 2.30. The minimum Gasteiger partial charge on any atom is -0.497 e. The van der Waals surface area contributed by atoms with Crippen LogP contribution in [-0.4, -0.2) is 18.3 Å². The molecule has 0 aliphatic rings. The van der Waals surface area contributed by atoms with E-state index in [0.29, 0.717) is 11.4 Å². The van der Waals surface area contributed by atoms with Crippen LogP contribution in [0.2, 0.25) is 0 Å². The molecular formula is C17H15N3O. The molecule has 0 saturated carbocycles. The molecule has 104 valence electrons. The molecule has 21 heavy (non-hydrogen) atoms. The van der Waals surface area contributed by atoms with Gasteiger partial charge in [0.2, 0.25) is 0 Å². The third-order valence-corrected chi connectivity index (χ3v) is 3.47. The summed E-state index contributed by atoms with van der Waals surface area (Å²) in [7, 11) is 1.66. The lowest BCUT2D eigenvalue weighted by Gasteiger charge is -2.07. The maximum absolute atomic E-state index is 7.23. The summed E-state index contributed by atoms with van der Waals surface area (Å²) in [6.07, 6.45) is 2.90. The summed E-state index contributed by atoms with van der Waals surface area (Å²) in [5.41, 5.74) is 8.88. The Labute approximate surface area is 122 Å². The van der Waals surface area contributed by atoms with Gasteiger partial charge in [-0.25, -0.2) is 0 Å². The van der Waals surface area contributed by atoms with Crippen molar-refractivity contribution in [3.63, 3.8) is 0 Å². The van der Waals surface area contributed by atoms with Gasteiger partial charge in [-0.15, -0.1) is 0 Å². The summed E-state index contributed by atoms with van der Waals surface area (Å²) in [6, 6.07) is 14.0. The van der Waals surface area contributed by atoms with Gasteiger partial charge in [-0.1, -0.05) is 18.2 Å². The van der Waals surface area contributed by atoms with E-state index in [1.807, 2.05) is 36.4 Å². The number of benzene rings is 2. The van der Waals surface area contributed by atoms with Crippen LogP contribution >= 0.6 is 0 Å². The molecule has 0 atom stereocenters. The Morgan fingerprint density at radius 1 is 1.05 bits per heavy atom. The monoisotopic (exact) mass is 277 g/mol. The highest BCUT2D eigenvalue weighted by atomic mass is 16.5. The van der Waals surface area contributed by atoms with E-state index in [1.54, 1.807) is 13.3 Å². The van der Waals surface area contributed by atoms with E-state index < -0.39 is 0 Å². The predicted molar refractivity (Wildman–Crippen MR) is 86.0 cm³/mol. The zero-order valence-corrected chi connectivity index (χ0v) is 11.6. The third kappa shape index (κ3) is 2.43. The number of nitrogens with zero attached hydrogens (tertiary/aromatic N) is 1. The standard InChI is InChI=1S/C17H15N3O/c1-21-15-5-4-11-6-12(2-3-13(11)7-15)14-8-16(19)17(9-18)20-10-14/h2-10,18H,19H2,1H3. The molecule has 1 heterocycles. The predicted octanol–water partition coefficient (Wildman–Crippen LogP) is 3.49. The highest BCUT2D eigenvalue weighted by Crippen LogP contribution is 2.27. The molecule has 0 aliphatic heterocycles. The van der Waals surface area contributed by atoms with Gasteiger partial charge in [-0.3, -0.25) is 4.98 Å². The first-order valence-corrected chi connectivity index (χ1v) is 6.55. The van der Waals surface area contributed by atoms with Crippen molar-refractivity contribution in [3.05, 3.63) is 54.4 Å². The van der Waals surface area contributed by atoms with Crippen molar-refractivity contribution in [3.8, 4) is 16.9 Å². The average Bonchev–Trinajstić information content (AvgIpc) is 2.53. The molecule has 2 aromatic carbocycles. The van der Waals surface area contributed by atoms with Crippen LogP contribution in [0.1, 0.15) is 5.69 Å². The summed E-state index contributed by atoms with van der Waals surface area (Å²) < 4.78 is 5.23. The molecule has 0 amide bonds. The van der Waals surface area contributed by atoms with Gasteiger partial charge in [0.1, 0.15) is 11.4 Å². The van der Waals surface area contributed by atoms with Crippen molar-refractivity contribution in [2.24, 2.45) is 0 Å². The van der Waals surface area contributed by atoms with Crippen molar-refractivity contribution in [2.75, 3.05) is 12.8 Å². The molecule has 0 fully saturated rings. The van der Waals surface area contributed by atoms with E-state index in [0.717, 1.165) is 33.9 Å². The van der Waals surface area contributed by atoms with Gasteiger partial charge in [0.15, 0.2) is 0 Å². The number of pyridine rings is 1. The first-order chi connectivity index (χ1) is 10.2. The minimum absolute atomic E-state index is 0.490. The molecule has 3 N–H and O–H groups in total. The number of fused-ring (bicyclic) bond motifs is 1. The van der Waals surface area contributed by atoms with Gasteiger partial charge in [0.05, 0.1) is 12.8 Å². The van der Waals surface area contributed by atoms with E-state index in [9.17, 15) is 0 Å². The molecule has 0 saturated heterocycles. The van der Waals surface area contributed by atoms with E-state index in [-0.39, 0.29) is 0 Å². The SMILES string of the molecule is COc1ccc2cc(-c3cnc(C=N)c(N)c3)ccc2c1. The van der Waals surface area contributed by atoms with Crippen LogP contribution in [0.5, 0.6) is 5.75 Å². The quantitative estimate of drug-likeness (QED) is 0.720. The highest BCUT2D eigenvalue weighted by molar-refractivity contribution is 5.89. The fraction of sp³-hybridized carbons (Fsp3) is 0.0588. The lowest BCUT2D eigenvalue weighted by atomic mass is 10.0. The van der Waals surface area contributed by atoms with Gasteiger partial charge < -0.3 is 15.9 Å². The van der Waals surface area contributed by atoms with Gasteiger partial charge in [-0.05, 0) is 40.6 Å². The van der Waals surface area contributed by atoms with Crippen LogP contribution in [0.15, 0.2) is 48.7 Å². The number of nitrogens with one attached hydrogen (secondary N) is 1. The molecule has 0 unspecified atom stereocenters. The summed E-state index contributed by atoms with van der Waals surface area (Å²) in [5, 5.41) is 9.47. The van der Waals surface area contributed by atoms with Crippen molar-refractivity contribution < 1.29 is 4.74 Å². The number of aromatic nitrogens is 1. The molecule has 3 aromatic rings. The Morgan fingerprint density at radius 3 is 2.52 bits per heavy atom. The smallest absolute Gasteiger partial charge is 0.119 e. The summed E-state index contributed by atoms with van der Waals surface area (Å²) in [4.78, 5) is 4.19. The molecule has 4 nitrogen and oxygen atoms in total. The summed E-state index contributed by atoms with van der Waals surface area (Å²) in [5.74, 6) is 0.844. The molecule has 1 aromatic heterocycles. The second-order valence-corrected chi connectivity index (χ2v) is 4.77. The first kappa shape index (κ1) is 13.1. The number of nitrogen functional groups attached to an aromatic ring is 1. The van der Waals surface area contributed by atoms with Gasteiger partial charge in [-0.2, -0.15) is 0 Å². The summed E-state index contributed by atoms with van der Waals surface area (Å²) >= 11 is 0. The van der Waals surface area contributed by atoms with Crippen molar-refractivity contribution in [1.82, 2.24) is 4.98 Å². The Kier molecular flexibility index (Phi) is 3.28. The van der Waals surface area contributed by atoms with Crippen LogP contribution in [0.4, 0.5) is 5.69 Å². The number of methoxy groups -OCH3 is 1. The van der Waals surface area contributed by atoms with Gasteiger partial charge >= 0.3 is 0 Å². The third-order valence-electron chi connectivity index (χ3n) is 3.47. The normalized spacial score (nSPS) is 10.5. The van der Waals surface area contributed by atoms with Crippen LogP contribution < -0.4 is 10.5 Å². The lowest BCUT2D eigenvalue weighted by molar-refractivity contribution is 0.415. The zero-order valence-electron chi connectivity index (χ0n) is 11.6. The fourth-order valence-electron chi connectivity index (χ4n) is 2.30. The molecule has 4 heteroatoms. The lowest BCUT2D eigenvalue weighted by Crippen LogP contribution is -1.96. The van der Waals surface area contributed by atoms with Gasteiger partial charge in [0.25, 0.3) is 0 Å². The molecule has 0 aliphatic carbocycles. The zero-order chi connectivity index (χ0) is 14.8. The Balaban J connectivity index is 2.08.